The fourth-order valence-electron chi connectivity index (χ4n) is 2.38. The lowest BCUT2D eigenvalue weighted by atomic mass is 9.83. The van der Waals surface area contributed by atoms with E-state index < -0.39 is 11.2 Å². The number of morpholine rings is 1. The molecular weight excluding hydrogens is 291 g/mol. The summed E-state index contributed by atoms with van der Waals surface area (Å²) in [6.07, 6.45) is 2.21. The van der Waals surface area contributed by atoms with E-state index in [-0.39, 0.29) is 12.2 Å². The van der Waals surface area contributed by atoms with E-state index in [1.807, 2.05) is 26.0 Å². The highest BCUT2D eigenvalue weighted by Gasteiger charge is 2.35. The van der Waals surface area contributed by atoms with E-state index in [4.69, 9.17) is 9.39 Å². The van der Waals surface area contributed by atoms with Gasteiger partial charge in [0.25, 0.3) is 0 Å². The molecule has 1 aromatic heterocycles. The fourth-order valence-corrected chi connectivity index (χ4v) is 2.38. The van der Waals surface area contributed by atoms with E-state index in [1.165, 1.54) is 0 Å². The first-order valence-corrected chi connectivity index (χ1v) is 8.18. The molecule has 1 fully saturated rings. The minimum Gasteiger partial charge on any atom is -0.427 e. The number of anilines is 1. The molecule has 2 heterocycles. The maximum Gasteiger partial charge on any atom is 0.332 e. The molecule has 1 aliphatic heterocycles. The van der Waals surface area contributed by atoms with Crippen LogP contribution in [0.15, 0.2) is 18.3 Å². The Balaban J connectivity index is 1.97. The van der Waals surface area contributed by atoms with Crippen molar-refractivity contribution in [1.82, 2.24) is 4.98 Å². The van der Waals surface area contributed by atoms with Crippen LogP contribution in [0.3, 0.4) is 0 Å². The second-order valence-electron chi connectivity index (χ2n) is 7.42. The Morgan fingerprint density at radius 2 is 1.83 bits per heavy atom. The summed E-state index contributed by atoms with van der Waals surface area (Å²) in [5, 5.41) is 10.1. The number of nitrogens with zero attached hydrogens (tertiary/aromatic N) is 2. The zero-order chi connectivity index (χ0) is 17.3. The van der Waals surface area contributed by atoms with Gasteiger partial charge in [0, 0.05) is 19.3 Å². The van der Waals surface area contributed by atoms with Crippen molar-refractivity contribution in [3.05, 3.63) is 18.3 Å². The Kier molecular flexibility index (Phi) is 5.39. The summed E-state index contributed by atoms with van der Waals surface area (Å²) in [6.45, 7) is 13.1. The molecule has 0 bridgehead atoms. The summed E-state index contributed by atoms with van der Waals surface area (Å²) in [4.78, 5) is 6.77. The molecule has 1 saturated heterocycles. The van der Waals surface area contributed by atoms with Gasteiger partial charge >= 0.3 is 7.48 Å². The van der Waals surface area contributed by atoms with Gasteiger partial charge in [0.2, 0.25) is 0 Å². The van der Waals surface area contributed by atoms with Crippen molar-refractivity contribution in [3.63, 3.8) is 0 Å². The van der Waals surface area contributed by atoms with Gasteiger partial charge in [-0.2, -0.15) is 0 Å². The Labute approximate surface area is 140 Å². The van der Waals surface area contributed by atoms with Crippen LogP contribution in [0.4, 0.5) is 5.82 Å². The second-order valence-corrected chi connectivity index (χ2v) is 7.42. The van der Waals surface area contributed by atoms with Crippen molar-refractivity contribution in [3.8, 4) is 0 Å². The molecule has 0 amide bonds. The molecule has 0 aromatic carbocycles. The summed E-state index contributed by atoms with van der Waals surface area (Å²) >= 11 is 0. The van der Waals surface area contributed by atoms with Crippen LogP contribution >= 0.6 is 0 Å². The van der Waals surface area contributed by atoms with Crippen molar-refractivity contribution in [1.29, 1.82) is 0 Å². The van der Waals surface area contributed by atoms with Gasteiger partial charge in [-0.3, -0.25) is 0 Å². The SMILES string of the molecule is C[C@@H]1CN(c2ccc([B]OC(C)(C)C(C)(C)O)cn2)C[C@H](C)O1. The quantitative estimate of drug-likeness (QED) is 0.834. The van der Waals surface area contributed by atoms with Crippen molar-refractivity contribution in [2.45, 2.75) is 65.0 Å². The molecule has 1 N–H and O–H groups in total. The first-order chi connectivity index (χ1) is 10.6. The molecule has 5 nitrogen and oxygen atoms in total. The third-order valence-corrected chi connectivity index (χ3v) is 4.48. The van der Waals surface area contributed by atoms with E-state index >= 15 is 0 Å². The van der Waals surface area contributed by atoms with Crippen molar-refractivity contribution in [2.75, 3.05) is 18.0 Å². The van der Waals surface area contributed by atoms with Gasteiger partial charge in [0.15, 0.2) is 0 Å². The number of pyridine rings is 1. The molecular formula is C17H28BN2O3. The van der Waals surface area contributed by atoms with Gasteiger partial charge in [-0.05, 0) is 53.1 Å². The van der Waals surface area contributed by atoms with Gasteiger partial charge in [-0.15, -0.1) is 0 Å². The standard InChI is InChI=1S/C17H28BN2O3/c1-12-10-20(11-13(2)22-12)15-8-7-14(9-19-15)18-23-17(5,6)16(3,4)21/h7-9,12-13,21H,10-11H2,1-6H3/t12-,13+. The maximum atomic E-state index is 10.1. The van der Waals surface area contributed by atoms with Crippen molar-refractivity contribution < 1.29 is 14.5 Å². The number of hydrogen-bond donors (Lipinski definition) is 1. The van der Waals surface area contributed by atoms with E-state index in [2.05, 4.69) is 23.7 Å². The van der Waals surface area contributed by atoms with Crippen LogP contribution in [0.5, 0.6) is 0 Å². The van der Waals surface area contributed by atoms with Gasteiger partial charge < -0.3 is 19.4 Å². The largest absolute Gasteiger partial charge is 0.427 e. The summed E-state index contributed by atoms with van der Waals surface area (Å²) < 4.78 is 11.5. The molecule has 2 rings (SSSR count). The molecule has 1 aromatic rings. The number of rotatable bonds is 5. The summed E-state index contributed by atoms with van der Waals surface area (Å²) in [7, 11) is 1.65. The molecule has 23 heavy (non-hydrogen) atoms. The number of ether oxygens (including phenoxy) is 1. The van der Waals surface area contributed by atoms with Crippen LogP contribution in [0.2, 0.25) is 0 Å². The fraction of sp³-hybridized carbons (Fsp3) is 0.706. The Morgan fingerprint density at radius 1 is 1.22 bits per heavy atom. The first kappa shape index (κ1) is 18.2. The van der Waals surface area contributed by atoms with Gasteiger partial charge in [-0.1, -0.05) is 6.07 Å². The van der Waals surface area contributed by atoms with Crippen molar-refractivity contribution in [2.24, 2.45) is 0 Å². The van der Waals surface area contributed by atoms with Gasteiger partial charge in [-0.25, -0.2) is 4.98 Å². The van der Waals surface area contributed by atoms with Gasteiger partial charge in [0.05, 0.1) is 23.4 Å². The molecule has 0 unspecified atom stereocenters. The number of aromatic nitrogens is 1. The lowest BCUT2D eigenvalue weighted by molar-refractivity contribution is -0.0893. The third-order valence-electron chi connectivity index (χ3n) is 4.48. The summed E-state index contributed by atoms with van der Waals surface area (Å²) in [6, 6.07) is 3.98. The van der Waals surface area contributed by atoms with Crippen LogP contribution in [-0.4, -0.2) is 54.1 Å². The van der Waals surface area contributed by atoms with Crippen molar-refractivity contribution >= 4 is 18.8 Å². The Hall–Kier alpha value is -1.11. The molecule has 0 spiro atoms. The number of hydrogen-bond acceptors (Lipinski definition) is 5. The van der Waals surface area contributed by atoms with E-state index in [9.17, 15) is 5.11 Å². The Morgan fingerprint density at radius 3 is 2.30 bits per heavy atom. The highest BCUT2D eigenvalue weighted by atomic mass is 16.5. The van der Waals surface area contributed by atoms with Crippen LogP contribution in [0.1, 0.15) is 41.5 Å². The average molecular weight is 319 g/mol. The van der Waals surface area contributed by atoms with Crippen LogP contribution in [-0.2, 0) is 9.39 Å². The molecule has 1 aliphatic rings. The highest BCUT2D eigenvalue weighted by Crippen LogP contribution is 2.24. The number of aliphatic hydroxyl groups is 1. The molecule has 2 atom stereocenters. The minimum atomic E-state index is -0.934. The van der Waals surface area contributed by atoms with Crippen LogP contribution in [0, 0.1) is 0 Å². The highest BCUT2D eigenvalue weighted by molar-refractivity contribution is 6.46. The van der Waals surface area contributed by atoms with Crippen LogP contribution in [0.25, 0.3) is 0 Å². The van der Waals surface area contributed by atoms with E-state index in [0.29, 0.717) is 0 Å². The predicted molar refractivity (Wildman–Crippen MR) is 93.3 cm³/mol. The lowest BCUT2D eigenvalue weighted by Crippen LogP contribution is -2.49. The molecule has 127 valence electrons. The smallest absolute Gasteiger partial charge is 0.332 e. The maximum absolute atomic E-state index is 10.1. The second kappa shape index (κ2) is 6.79. The van der Waals surface area contributed by atoms with E-state index in [0.717, 1.165) is 24.4 Å². The predicted octanol–water partition coefficient (Wildman–Crippen LogP) is 1.51. The molecule has 0 saturated carbocycles. The molecule has 6 heteroatoms. The molecule has 1 radical (unpaired) electrons. The topological polar surface area (TPSA) is 54.8 Å². The lowest BCUT2D eigenvalue weighted by Gasteiger charge is -2.37. The first-order valence-electron chi connectivity index (χ1n) is 8.18. The third kappa shape index (κ3) is 4.69. The minimum absolute atomic E-state index is 0.211. The monoisotopic (exact) mass is 319 g/mol. The summed E-state index contributed by atoms with van der Waals surface area (Å²) in [5.41, 5.74) is -0.738. The summed E-state index contributed by atoms with van der Waals surface area (Å²) in [5.74, 6) is 0.950. The zero-order valence-corrected chi connectivity index (χ0v) is 15.0. The van der Waals surface area contributed by atoms with E-state index in [1.54, 1.807) is 27.5 Å². The average Bonchev–Trinajstić information content (AvgIpc) is 2.43. The zero-order valence-electron chi connectivity index (χ0n) is 15.0. The van der Waals surface area contributed by atoms with Crippen LogP contribution < -0.4 is 10.4 Å². The van der Waals surface area contributed by atoms with Gasteiger partial charge in [0.1, 0.15) is 5.82 Å². The normalized spacial score (nSPS) is 23.0. The Bertz CT molecular complexity index is 504. The molecule has 0 aliphatic carbocycles.